The highest BCUT2D eigenvalue weighted by Gasteiger charge is 2.41. The van der Waals surface area contributed by atoms with E-state index in [0.717, 1.165) is 71.2 Å². The molecule has 0 spiro atoms. The summed E-state index contributed by atoms with van der Waals surface area (Å²) in [5, 5.41) is 7.53. The Morgan fingerprint density at radius 3 is 2.64 bits per heavy atom. The molecule has 10 nitrogen and oxygen atoms in total. The van der Waals surface area contributed by atoms with Crippen molar-refractivity contribution in [3.8, 4) is 23.5 Å². The van der Waals surface area contributed by atoms with Crippen LogP contribution in [-0.2, 0) is 9.53 Å². The Morgan fingerprint density at radius 1 is 1.16 bits per heavy atom. The van der Waals surface area contributed by atoms with Crippen LogP contribution in [0.3, 0.4) is 0 Å². The summed E-state index contributed by atoms with van der Waals surface area (Å²) in [4.78, 5) is 28.7. The summed E-state index contributed by atoms with van der Waals surface area (Å²) in [6.45, 7) is 6.14. The number of unbranched alkanes of at least 4 members (excludes halogenated alkanes) is 1. The quantitative estimate of drug-likeness (QED) is 0.164. The summed E-state index contributed by atoms with van der Waals surface area (Å²) in [5.74, 6) is 6.53. The van der Waals surface area contributed by atoms with Gasteiger partial charge >= 0.3 is 0 Å². The van der Waals surface area contributed by atoms with E-state index in [0.29, 0.717) is 41.0 Å². The number of rotatable bonds is 16. The molecule has 1 aliphatic heterocycles. The molecule has 11 heteroatoms. The summed E-state index contributed by atoms with van der Waals surface area (Å²) in [5.41, 5.74) is 12.0. The van der Waals surface area contributed by atoms with Gasteiger partial charge in [0.05, 0.1) is 24.3 Å². The summed E-state index contributed by atoms with van der Waals surface area (Å²) in [6.07, 6.45) is 7.95. The zero-order chi connectivity index (χ0) is 32.2. The minimum absolute atomic E-state index is 0.0550. The van der Waals surface area contributed by atoms with Gasteiger partial charge in [0.25, 0.3) is 11.8 Å². The molecular formula is C34H48FN5O5. The minimum Gasteiger partial charge on any atom is -0.496 e. The number of nitrogens with two attached hydrogens (primary N) is 2. The summed E-state index contributed by atoms with van der Waals surface area (Å²) in [7, 11) is 1.46. The van der Waals surface area contributed by atoms with Gasteiger partial charge < -0.3 is 36.3 Å². The lowest BCUT2D eigenvalue weighted by molar-refractivity contribution is -0.123. The van der Waals surface area contributed by atoms with E-state index in [-0.39, 0.29) is 24.0 Å². The van der Waals surface area contributed by atoms with Crippen molar-refractivity contribution in [2.75, 3.05) is 46.6 Å². The number of hydrogen-bond donors (Lipinski definition) is 4. The van der Waals surface area contributed by atoms with Crippen molar-refractivity contribution in [1.29, 1.82) is 0 Å². The third-order valence-corrected chi connectivity index (χ3v) is 8.85. The van der Waals surface area contributed by atoms with Crippen LogP contribution in [0.15, 0.2) is 18.3 Å². The van der Waals surface area contributed by atoms with Crippen LogP contribution in [0.4, 0.5) is 4.39 Å². The zero-order valence-corrected chi connectivity index (χ0v) is 26.5. The van der Waals surface area contributed by atoms with Crippen LogP contribution in [0.2, 0.25) is 0 Å². The minimum atomic E-state index is -1.56. The lowest BCUT2D eigenvalue weighted by atomic mass is 9.82. The maximum absolute atomic E-state index is 14.3. The van der Waals surface area contributed by atoms with Crippen LogP contribution in [-0.4, -0.2) is 75.6 Å². The molecule has 1 saturated carbocycles. The Labute approximate surface area is 265 Å². The number of alkyl halides is 1. The SMILES string of the molecule is CC[C@@H]1[C@H](F)C(=O)N[C@@H]1COc1ncc(C#CC2CCC(CNCCCCOCCCN)CC2)c2cc(C(N)=O)c(OC)cc12. The topological polar surface area (TPSA) is 151 Å². The Morgan fingerprint density at radius 2 is 1.93 bits per heavy atom. The van der Waals surface area contributed by atoms with Crippen molar-refractivity contribution < 1.29 is 28.2 Å². The summed E-state index contributed by atoms with van der Waals surface area (Å²) in [6, 6.07) is 2.85. The Hall–Kier alpha value is -3.46. The molecule has 1 aromatic carbocycles. The van der Waals surface area contributed by atoms with Crippen LogP contribution < -0.4 is 31.6 Å². The molecule has 0 radical (unpaired) electrons. The molecule has 4 rings (SSSR count). The van der Waals surface area contributed by atoms with E-state index in [1.165, 1.54) is 7.11 Å². The second-order valence-corrected chi connectivity index (χ2v) is 12.0. The van der Waals surface area contributed by atoms with Crippen molar-refractivity contribution in [2.45, 2.75) is 70.5 Å². The molecule has 2 heterocycles. The first-order valence-electron chi connectivity index (χ1n) is 16.2. The zero-order valence-electron chi connectivity index (χ0n) is 26.5. The Kier molecular flexibility index (Phi) is 13.2. The Balaban J connectivity index is 1.38. The third-order valence-electron chi connectivity index (χ3n) is 8.85. The number of nitrogens with zero attached hydrogens (tertiary/aromatic N) is 1. The van der Waals surface area contributed by atoms with Crippen molar-refractivity contribution in [2.24, 2.45) is 29.2 Å². The van der Waals surface area contributed by atoms with Gasteiger partial charge in [0.1, 0.15) is 12.4 Å². The van der Waals surface area contributed by atoms with E-state index in [1.54, 1.807) is 18.3 Å². The van der Waals surface area contributed by atoms with Crippen molar-refractivity contribution in [1.82, 2.24) is 15.6 Å². The van der Waals surface area contributed by atoms with Gasteiger partial charge in [0.15, 0.2) is 6.17 Å². The van der Waals surface area contributed by atoms with Crippen molar-refractivity contribution >= 4 is 22.6 Å². The number of primary amides is 1. The first kappa shape index (κ1) is 34.4. The average Bonchev–Trinajstić information content (AvgIpc) is 3.33. The number of benzene rings is 1. The third kappa shape index (κ3) is 9.28. The van der Waals surface area contributed by atoms with Gasteiger partial charge in [-0.15, -0.1) is 0 Å². The van der Waals surface area contributed by atoms with Gasteiger partial charge in [-0.05, 0) is 89.1 Å². The number of methoxy groups -OCH3 is 1. The number of amides is 2. The van der Waals surface area contributed by atoms with E-state index in [4.69, 9.17) is 25.7 Å². The highest BCUT2D eigenvalue weighted by atomic mass is 19.1. The predicted octanol–water partition coefficient (Wildman–Crippen LogP) is 3.48. The standard InChI is InChI=1S/C34H48FN5O5/c1-3-25-29(40-33(42)31(25)35)21-45-34-27-18-30(43-2)28(32(37)41)17-26(27)24(20-39-34)12-11-22-7-9-23(10-8-22)19-38-14-4-5-15-44-16-6-13-36/h17-18,20,22-23,25,29,31,38H,3-10,13-16,19,21,36H2,1-2H3,(H2,37,41)(H,40,42)/t22?,23?,25-,29+,31-/m0/s1. The first-order chi connectivity index (χ1) is 21.9. The maximum atomic E-state index is 14.3. The van der Waals surface area contributed by atoms with Crippen LogP contribution in [0, 0.1) is 29.6 Å². The number of pyridine rings is 1. The molecule has 3 atom stereocenters. The van der Waals surface area contributed by atoms with Gasteiger partial charge in [-0.1, -0.05) is 18.8 Å². The molecule has 1 saturated heterocycles. The fraction of sp³-hybridized carbons (Fsp3) is 0.618. The highest BCUT2D eigenvalue weighted by Crippen LogP contribution is 2.34. The van der Waals surface area contributed by atoms with Gasteiger partial charge in [0, 0.05) is 42.0 Å². The van der Waals surface area contributed by atoms with E-state index in [2.05, 4.69) is 27.5 Å². The lowest BCUT2D eigenvalue weighted by Gasteiger charge is -2.25. The molecule has 2 aromatic rings. The molecule has 2 aliphatic rings. The molecule has 2 fully saturated rings. The van der Waals surface area contributed by atoms with Gasteiger partial charge in [-0.25, -0.2) is 9.37 Å². The maximum Gasteiger partial charge on any atom is 0.255 e. The second kappa shape index (κ2) is 17.3. The number of halogens is 1. The first-order valence-corrected chi connectivity index (χ1v) is 16.2. The second-order valence-electron chi connectivity index (χ2n) is 12.0. The number of fused-ring (bicyclic) bond motifs is 1. The average molecular weight is 626 g/mol. The van der Waals surface area contributed by atoms with Gasteiger partial charge in [0.2, 0.25) is 5.88 Å². The molecule has 45 heavy (non-hydrogen) atoms. The number of carbonyl (C=O) groups excluding carboxylic acids is 2. The normalized spacial score (nSPS) is 22.9. The smallest absolute Gasteiger partial charge is 0.255 e. The largest absolute Gasteiger partial charge is 0.496 e. The molecule has 1 aromatic heterocycles. The molecule has 0 bridgehead atoms. The molecule has 246 valence electrons. The summed E-state index contributed by atoms with van der Waals surface area (Å²) < 4.78 is 31.3. The molecule has 2 amide bonds. The van der Waals surface area contributed by atoms with Gasteiger partial charge in [-0.2, -0.15) is 0 Å². The monoisotopic (exact) mass is 625 g/mol. The number of nitrogens with one attached hydrogen (secondary N) is 2. The summed E-state index contributed by atoms with van der Waals surface area (Å²) >= 11 is 0. The van der Waals surface area contributed by atoms with Crippen molar-refractivity contribution in [3.63, 3.8) is 0 Å². The van der Waals surface area contributed by atoms with E-state index in [1.807, 2.05) is 6.92 Å². The van der Waals surface area contributed by atoms with Crippen LogP contribution in [0.5, 0.6) is 11.6 Å². The predicted molar refractivity (Wildman–Crippen MR) is 172 cm³/mol. The van der Waals surface area contributed by atoms with Crippen LogP contribution >= 0.6 is 0 Å². The fourth-order valence-electron chi connectivity index (χ4n) is 6.15. The number of aromatic nitrogens is 1. The molecule has 1 aliphatic carbocycles. The highest BCUT2D eigenvalue weighted by molar-refractivity contribution is 6.03. The molecular weight excluding hydrogens is 577 g/mol. The lowest BCUT2D eigenvalue weighted by Crippen LogP contribution is -2.34. The van der Waals surface area contributed by atoms with Gasteiger partial charge in [-0.3, -0.25) is 9.59 Å². The van der Waals surface area contributed by atoms with Crippen LogP contribution in [0.25, 0.3) is 10.8 Å². The Bertz CT molecular complexity index is 1350. The van der Waals surface area contributed by atoms with E-state index >= 15 is 0 Å². The number of carbonyl (C=O) groups is 2. The van der Waals surface area contributed by atoms with E-state index in [9.17, 15) is 14.0 Å². The molecule has 0 unspecified atom stereocenters. The van der Waals surface area contributed by atoms with Crippen molar-refractivity contribution in [3.05, 3.63) is 29.5 Å². The van der Waals surface area contributed by atoms with Crippen LogP contribution in [0.1, 0.15) is 74.2 Å². The number of ether oxygens (including phenoxy) is 3. The number of hydrogen-bond acceptors (Lipinski definition) is 8. The van der Waals surface area contributed by atoms with E-state index < -0.39 is 29.9 Å². The fourth-order valence-corrected chi connectivity index (χ4v) is 6.15. The molecule has 6 N–H and O–H groups in total.